The van der Waals surface area contributed by atoms with Crippen LogP contribution in [0, 0.1) is 0 Å². The van der Waals surface area contributed by atoms with E-state index < -0.39 is 0 Å². The summed E-state index contributed by atoms with van der Waals surface area (Å²) in [5.41, 5.74) is 3.34. The molecule has 0 unspecified atom stereocenters. The van der Waals surface area contributed by atoms with Crippen LogP contribution in [0.25, 0.3) is 28.3 Å². The molecule has 1 aromatic carbocycles. The zero-order valence-corrected chi connectivity index (χ0v) is 14.3. The molecule has 3 rings (SSSR count). The lowest BCUT2D eigenvalue weighted by Gasteiger charge is -2.05. The van der Waals surface area contributed by atoms with Crippen molar-refractivity contribution in [3.05, 3.63) is 54.6 Å². The Kier molecular flexibility index (Phi) is 4.99. The molecule has 0 fully saturated rings. The average Bonchev–Trinajstić information content (AvgIpc) is 3.16. The maximum absolute atomic E-state index is 5.38. The summed E-state index contributed by atoms with van der Waals surface area (Å²) in [7, 11) is 1.64. The largest absolute Gasteiger partial charge is 0.497 e. The molecule has 0 N–H and O–H groups in total. The summed E-state index contributed by atoms with van der Waals surface area (Å²) in [4.78, 5) is 12.9. The van der Waals surface area contributed by atoms with Crippen LogP contribution < -0.4 is 4.74 Å². The van der Waals surface area contributed by atoms with Gasteiger partial charge in [-0.2, -0.15) is 4.98 Å². The summed E-state index contributed by atoms with van der Waals surface area (Å²) in [6.07, 6.45) is 7.00. The van der Waals surface area contributed by atoms with Crippen molar-refractivity contribution >= 4 is 11.9 Å². The number of benzene rings is 1. The van der Waals surface area contributed by atoms with Gasteiger partial charge in [-0.1, -0.05) is 23.4 Å². The van der Waals surface area contributed by atoms with Gasteiger partial charge in [-0.05, 0) is 37.6 Å². The van der Waals surface area contributed by atoms with Gasteiger partial charge in [0.2, 0.25) is 5.82 Å². The Morgan fingerprint density at radius 3 is 2.72 bits per heavy atom. The molecule has 2 heterocycles. The minimum Gasteiger partial charge on any atom is -0.497 e. The third-order valence-electron chi connectivity index (χ3n) is 3.59. The predicted molar refractivity (Wildman–Crippen MR) is 97.3 cm³/mol. The number of pyridine rings is 1. The summed E-state index contributed by atoms with van der Waals surface area (Å²) < 4.78 is 10.7. The Morgan fingerprint density at radius 1 is 1.12 bits per heavy atom. The van der Waals surface area contributed by atoms with Crippen LogP contribution in [0.5, 0.6) is 5.75 Å². The molecule has 0 saturated heterocycles. The van der Waals surface area contributed by atoms with Crippen LogP contribution in [0.2, 0.25) is 0 Å². The van der Waals surface area contributed by atoms with E-state index in [2.05, 4.69) is 20.1 Å². The number of aromatic nitrogens is 3. The zero-order chi connectivity index (χ0) is 17.6. The third kappa shape index (κ3) is 3.63. The van der Waals surface area contributed by atoms with Gasteiger partial charge in [0.15, 0.2) is 0 Å². The van der Waals surface area contributed by atoms with Gasteiger partial charge in [-0.25, -0.2) is 0 Å². The fourth-order valence-corrected chi connectivity index (χ4v) is 2.36. The van der Waals surface area contributed by atoms with E-state index in [9.17, 15) is 0 Å². The minimum absolute atomic E-state index is 0.401. The monoisotopic (exact) mass is 334 g/mol. The Morgan fingerprint density at radius 2 is 1.96 bits per heavy atom. The van der Waals surface area contributed by atoms with E-state index in [4.69, 9.17) is 9.26 Å². The second-order valence-electron chi connectivity index (χ2n) is 5.18. The highest BCUT2D eigenvalue weighted by Gasteiger charge is 2.13. The molecule has 6 heteroatoms. The Labute approximate surface area is 145 Å². The molecule has 0 radical (unpaired) electrons. The number of hydrogen-bond acceptors (Lipinski definition) is 6. The molecule has 0 aliphatic heterocycles. The van der Waals surface area contributed by atoms with Crippen molar-refractivity contribution in [2.24, 2.45) is 4.99 Å². The number of allylic oxidation sites excluding steroid dienone is 1. The Balaban J connectivity index is 1.96. The standard InChI is InChI=1S/C19H18N4O2/c1-4-17(21-5-2)18-22-19(25-23-18)15-9-14(11-20-12-15)13-7-6-8-16(10-13)24-3/h4-12H,1-3H3/b17-4-,21-5?. The van der Waals surface area contributed by atoms with Crippen LogP contribution in [0.4, 0.5) is 0 Å². The zero-order valence-electron chi connectivity index (χ0n) is 14.3. The summed E-state index contributed by atoms with van der Waals surface area (Å²) in [6.45, 7) is 3.72. The first-order valence-electron chi connectivity index (χ1n) is 7.84. The number of hydrogen-bond donors (Lipinski definition) is 0. The molecule has 0 atom stereocenters. The fourth-order valence-electron chi connectivity index (χ4n) is 2.36. The van der Waals surface area contributed by atoms with Crippen LogP contribution >= 0.6 is 0 Å². The SMILES string of the molecule is CC=N/C(=C\C)c1noc(-c2cncc(-c3cccc(OC)c3)c2)n1. The molecule has 0 aliphatic rings. The Bertz CT molecular complexity index is 928. The first kappa shape index (κ1) is 16.6. The van der Waals surface area contributed by atoms with Gasteiger partial charge in [-0.3, -0.25) is 9.98 Å². The molecule has 6 nitrogen and oxygen atoms in total. The van der Waals surface area contributed by atoms with Gasteiger partial charge in [-0.15, -0.1) is 0 Å². The highest BCUT2D eigenvalue weighted by molar-refractivity contribution is 5.71. The average molecular weight is 334 g/mol. The molecular weight excluding hydrogens is 316 g/mol. The van der Waals surface area contributed by atoms with Crippen LogP contribution in [0.1, 0.15) is 19.7 Å². The maximum atomic E-state index is 5.38. The van der Waals surface area contributed by atoms with Crippen molar-refractivity contribution in [1.82, 2.24) is 15.1 Å². The van der Waals surface area contributed by atoms with E-state index in [0.29, 0.717) is 17.4 Å². The number of methoxy groups -OCH3 is 1. The lowest BCUT2D eigenvalue weighted by Crippen LogP contribution is -1.87. The van der Waals surface area contributed by atoms with E-state index in [-0.39, 0.29) is 0 Å². The lowest BCUT2D eigenvalue weighted by atomic mass is 10.1. The van der Waals surface area contributed by atoms with Crippen molar-refractivity contribution in [2.75, 3.05) is 7.11 Å². The molecule has 126 valence electrons. The third-order valence-corrected chi connectivity index (χ3v) is 3.59. The quantitative estimate of drug-likeness (QED) is 0.652. The number of rotatable bonds is 5. The Hall–Kier alpha value is -3.28. The highest BCUT2D eigenvalue weighted by atomic mass is 16.5. The molecule has 2 aromatic heterocycles. The second-order valence-corrected chi connectivity index (χ2v) is 5.18. The normalized spacial score (nSPS) is 11.9. The molecule has 0 saturated carbocycles. The topological polar surface area (TPSA) is 73.4 Å². The van der Waals surface area contributed by atoms with Crippen molar-refractivity contribution < 1.29 is 9.26 Å². The van der Waals surface area contributed by atoms with E-state index in [1.165, 1.54) is 0 Å². The van der Waals surface area contributed by atoms with E-state index in [1.807, 2.05) is 50.3 Å². The van der Waals surface area contributed by atoms with E-state index in [0.717, 1.165) is 22.4 Å². The summed E-state index contributed by atoms with van der Waals surface area (Å²) in [5, 5.41) is 4.00. The minimum atomic E-state index is 0.401. The van der Waals surface area contributed by atoms with Crippen LogP contribution in [-0.2, 0) is 0 Å². The summed E-state index contributed by atoms with van der Waals surface area (Å²) >= 11 is 0. The summed E-state index contributed by atoms with van der Waals surface area (Å²) in [5.74, 6) is 1.64. The van der Waals surface area contributed by atoms with Gasteiger partial charge in [0, 0.05) is 24.2 Å². The molecular formula is C19H18N4O2. The number of ether oxygens (including phenoxy) is 1. The van der Waals surface area contributed by atoms with E-state index >= 15 is 0 Å². The van der Waals surface area contributed by atoms with Gasteiger partial charge < -0.3 is 9.26 Å². The van der Waals surface area contributed by atoms with Crippen LogP contribution in [0.15, 0.2) is 58.3 Å². The van der Waals surface area contributed by atoms with Crippen molar-refractivity contribution in [1.29, 1.82) is 0 Å². The number of aliphatic imine (C=N–C) groups is 1. The van der Waals surface area contributed by atoms with Gasteiger partial charge in [0.1, 0.15) is 11.4 Å². The van der Waals surface area contributed by atoms with Crippen LogP contribution in [0.3, 0.4) is 0 Å². The van der Waals surface area contributed by atoms with Gasteiger partial charge in [0.05, 0.1) is 12.7 Å². The second kappa shape index (κ2) is 7.53. The lowest BCUT2D eigenvalue weighted by molar-refractivity contribution is 0.415. The first-order chi connectivity index (χ1) is 12.2. The summed E-state index contributed by atoms with van der Waals surface area (Å²) in [6, 6.07) is 9.74. The molecule has 0 bridgehead atoms. The maximum Gasteiger partial charge on any atom is 0.259 e. The molecule has 0 spiro atoms. The van der Waals surface area contributed by atoms with Crippen molar-refractivity contribution in [2.45, 2.75) is 13.8 Å². The smallest absolute Gasteiger partial charge is 0.259 e. The molecule has 3 aromatic rings. The van der Waals surface area contributed by atoms with Crippen molar-refractivity contribution in [3.63, 3.8) is 0 Å². The first-order valence-corrected chi connectivity index (χ1v) is 7.84. The van der Waals surface area contributed by atoms with Crippen molar-refractivity contribution in [3.8, 4) is 28.3 Å². The van der Waals surface area contributed by atoms with Gasteiger partial charge >= 0.3 is 0 Å². The van der Waals surface area contributed by atoms with Gasteiger partial charge in [0.25, 0.3) is 5.89 Å². The fraction of sp³-hybridized carbons (Fsp3) is 0.158. The molecule has 0 aliphatic carbocycles. The number of nitrogens with zero attached hydrogens (tertiary/aromatic N) is 4. The predicted octanol–water partition coefficient (Wildman–Crippen LogP) is 4.26. The molecule has 0 amide bonds. The van der Waals surface area contributed by atoms with Crippen LogP contribution in [-0.4, -0.2) is 28.4 Å². The highest BCUT2D eigenvalue weighted by Crippen LogP contribution is 2.27. The molecule has 25 heavy (non-hydrogen) atoms. The van der Waals surface area contributed by atoms with E-state index in [1.54, 1.807) is 25.7 Å².